The smallest absolute Gasteiger partial charge is 0.342 e. The summed E-state index contributed by atoms with van der Waals surface area (Å²) in [4.78, 5) is 17.8. The van der Waals surface area contributed by atoms with Crippen LogP contribution in [-0.4, -0.2) is 58.8 Å². The van der Waals surface area contributed by atoms with E-state index in [0.717, 1.165) is 0 Å². The molecule has 1 aromatic carbocycles. The highest BCUT2D eigenvalue weighted by molar-refractivity contribution is 5.94. The molecule has 3 aromatic rings. The highest BCUT2D eigenvalue weighted by Gasteiger charge is 2.50. The summed E-state index contributed by atoms with van der Waals surface area (Å²) in [6.07, 6.45) is -1.67. The van der Waals surface area contributed by atoms with E-state index >= 15 is 0 Å². The average Bonchev–Trinajstić information content (AvgIpc) is 3.34. The number of hydrogen-bond acceptors (Lipinski definition) is 11. The van der Waals surface area contributed by atoms with Gasteiger partial charge in [0.25, 0.3) is 5.95 Å². The number of nitrogens with zero attached hydrogens (tertiary/aromatic N) is 1. The third-order valence-corrected chi connectivity index (χ3v) is 6.16. The van der Waals surface area contributed by atoms with E-state index in [-0.39, 0.29) is 24.3 Å². The maximum absolute atomic E-state index is 12.6. The number of aliphatic hydroxyl groups is 2. The van der Waals surface area contributed by atoms with Crippen LogP contribution in [-0.2, 0) is 27.3 Å². The zero-order chi connectivity index (χ0) is 26.0. The Balaban J connectivity index is 1.61. The normalized spacial score (nSPS) is 23.8. The van der Waals surface area contributed by atoms with Crippen LogP contribution in [0.4, 0.5) is 0 Å². The van der Waals surface area contributed by atoms with E-state index in [1.54, 1.807) is 39.0 Å². The van der Waals surface area contributed by atoms with Gasteiger partial charge in [-0.1, -0.05) is 5.16 Å². The summed E-state index contributed by atoms with van der Waals surface area (Å²) in [7, 11) is 1.42. The fourth-order valence-corrected chi connectivity index (χ4v) is 4.39. The molecule has 11 nitrogen and oxygen atoms in total. The predicted molar refractivity (Wildman–Crippen MR) is 127 cm³/mol. The van der Waals surface area contributed by atoms with Crippen LogP contribution in [0.1, 0.15) is 30.7 Å². The zero-order valence-corrected chi connectivity index (χ0v) is 20.3. The van der Waals surface area contributed by atoms with Crippen molar-refractivity contribution in [3.05, 3.63) is 57.8 Å². The van der Waals surface area contributed by atoms with Gasteiger partial charge in [-0.05, 0) is 50.6 Å². The molecule has 0 saturated carbocycles. The van der Waals surface area contributed by atoms with Gasteiger partial charge in [0, 0.05) is 25.1 Å². The summed E-state index contributed by atoms with van der Waals surface area (Å²) in [5.41, 5.74) is -0.987. The van der Waals surface area contributed by atoms with E-state index in [9.17, 15) is 20.1 Å². The highest BCUT2D eigenvalue weighted by atomic mass is 16.7. The second-order valence-electron chi connectivity index (χ2n) is 8.97. The molecule has 0 aliphatic carbocycles. The van der Waals surface area contributed by atoms with Crippen molar-refractivity contribution in [3.63, 3.8) is 0 Å². The van der Waals surface area contributed by atoms with Gasteiger partial charge in [0.1, 0.15) is 29.8 Å². The van der Waals surface area contributed by atoms with E-state index in [0.29, 0.717) is 22.1 Å². The van der Waals surface area contributed by atoms with Crippen LogP contribution in [0.3, 0.4) is 0 Å². The number of aromatic hydroxyl groups is 1. The lowest BCUT2D eigenvalue weighted by Crippen LogP contribution is -2.63. The number of benzene rings is 1. The van der Waals surface area contributed by atoms with Gasteiger partial charge < -0.3 is 43.2 Å². The van der Waals surface area contributed by atoms with Crippen LogP contribution in [0.15, 0.2) is 49.3 Å². The molecule has 0 radical (unpaired) electrons. The van der Waals surface area contributed by atoms with Gasteiger partial charge in [0.05, 0.1) is 22.8 Å². The van der Waals surface area contributed by atoms with Gasteiger partial charge in [-0.15, -0.1) is 0 Å². The summed E-state index contributed by atoms with van der Waals surface area (Å²) in [5.74, 6) is 0.340. The van der Waals surface area contributed by atoms with Crippen LogP contribution < -0.4 is 10.4 Å². The Hall–Kier alpha value is -3.38. The molecular weight excluding hydrogens is 474 g/mol. The van der Waals surface area contributed by atoms with Gasteiger partial charge >= 0.3 is 5.63 Å². The number of ether oxygens (including phenoxy) is 3. The first-order valence-electron chi connectivity index (χ1n) is 11.3. The van der Waals surface area contributed by atoms with Gasteiger partial charge in [-0.2, -0.15) is 0 Å². The van der Waals surface area contributed by atoms with Gasteiger partial charge in [0.15, 0.2) is 6.61 Å². The van der Waals surface area contributed by atoms with Gasteiger partial charge in [-0.25, -0.2) is 4.79 Å². The van der Waals surface area contributed by atoms with Gasteiger partial charge in [0.2, 0.25) is 6.29 Å². The second kappa shape index (κ2) is 10.3. The SMILES string of the molecule is CO[C@@H]1[C@H](O)[C@@H](O)[C@H](Oc2ccc3c(O)oc(=O)c(CC=NOCc4ccco4)c3c2C)OC1(C)C. The van der Waals surface area contributed by atoms with Crippen molar-refractivity contribution in [2.75, 3.05) is 7.11 Å². The minimum absolute atomic E-state index is 0.0470. The first-order valence-corrected chi connectivity index (χ1v) is 11.3. The molecule has 1 saturated heterocycles. The second-order valence-corrected chi connectivity index (χ2v) is 8.97. The molecule has 1 aliphatic rings. The molecule has 0 bridgehead atoms. The summed E-state index contributed by atoms with van der Waals surface area (Å²) in [6, 6.07) is 6.55. The molecule has 0 unspecified atom stereocenters. The molecule has 11 heteroatoms. The summed E-state index contributed by atoms with van der Waals surface area (Å²) in [5, 5.41) is 35.9. The molecule has 36 heavy (non-hydrogen) atoms. The van der Waals surface area contributed by atoms with E-state index < -0.39 is 41.8 Å². The molecule has 0 spiro atoms. The lowest BCUT2D eigenvalue weighted by atomic mass is 9.89. The summed E-state index contributed by atoms with van der Waals surface area (Å²) < 4.78 is 27.3. The Bertz CT molecular complexity index is 1280. The Morgan fingerprint density at radius 3 is 2.67 bits per heavy atom. The van der Waals surface area contributed by atoms with Crippen LogP contribution in [0.5, 0.6) is 11.7 Å². The molecule has 4 atom stereocenters. The average molecular weight is 504 g/mol. The largest absolute Gasteiger partial charge is 0.480 e. The lowest BCUT2D eigenvalue weighted by Gasteiger charge is -2.46. The van der Waals surface area contributed by atoms with Crippen molar-refractivity contribution in [1.82, 2.24) is 0 Å². The Morgan fingerprint density at radius 1 is 1.19 bits per heavy atom. The first kappa shape index (κ1) is 25.7. The molecule has 0 amide bonds. The third-order valence-electron chi connectivity index (χ3n) is 6.16. The van der Waals surface area contributed by atoms with Crippen molar-refractivity contribution in [2.45, 2.75) is 64.0 Å². The highest BCUT2D eigenvalue weighted by Crippen LogP contribution is 2.37. The van der Waals surface area contributed by atoms with E-state index in [1.807, 2.05) is 0 Å². The standard InChI is InChI=1S/C25H29NO10/c1-13-17(34-24-20(28)19(27)21(31-4)25(2,3)36-24)8-7-15-18(13)16(23(30)35-22(15)29)9-10-26-33-12-14-6-5-11-32-14/h5-8,10-11,19-21,24,27-29H,9,12H2,1-4H3/t19-,20-,21-,24-/m1/s1. The topological polar surface area (TPSA) is 153 Å². The quantitative estimate of drug-likeness (QED) is 0.308. The van der Waals surface area contributed by atoms with E-state index in [1.165, 1.54) is 25.7 Å². The molecule has 194 valence electrons. The Morgan fingerprint density at radius 2 is 1.97 bits per heavy atom. The summed E-state index contributed by atoms with van der Waals surface area (Å²) in [6.45, 7) is 5.25. The maximum atomic E-state index is 12.6. The molecule has 1 aliphatic heterocycles. The van der Waals surface area contributed by atoms with Crippen LogP contribution in [0, 0.1) is 6.92 Å². The summed E-state index contributed by atoms with van der Waals surface area (Å²) >= 11 is 0. The molecule has 4 rings (SSSR count). The zero-order valence-electron chi connectivity index (χ0n) is 20.3. The van der Waals surface area contributed by atoms with E-state index in [4.69, 9.17) is 27.9 Å². The van der Waals surface area contributed by atoms with Crippen molar-refractivity contribution in [3.8, 4) is 11.7 Å². The number of aryl methyl sites for hydroxylation is 1. The lowest BCUT2D eigenvalue weighted by molar-refractivity contribution is -0.306. The maximum Gasteiger partial charge on any atom is 0.342 e. The molecular formula is C25H29NO10. The van der Waals surface area contributed by atoms with Gasteiger partial charge in [-0.3, -0.25) is 0 Å². The fraction of sp³-hybridized carbons (Fsp3) is 0.440. The number of rotatable bonds is 8. The van der Waals surface area contributed by atoms with Crippen LogP contribution in [0.2, 0.25) is 0 Å². The molecule has 2 aromatic heterocycles. The van der Waals surface area contributed by atoms with Crippen LogP contribution >= 0.6 is 0 Å². The Kier molecular flexibility index (Phi) is 7.36. The van der Waals surface area contributed by atoms with Crippen molar-refractivity contribution in [2.24, 2.45) is 5.16 Å². The predicted octanol–water partition coefficient (Wildman–Crippen LogP) is 2.40. The van der Waals surface area contributed by atoms with Crippen molar-refractivity contribution >= 4 is 17.0 Å². The third kappa shape index (κ3) is 4.96. The molecule has 3 heterocycles. The Labute approximate surface area is 206 Å². The number of furan rings is 1. The number of fused-ring (bicyclic) bond motifs is 1. The monoisotopic (exact) mass is 503 g/mol. The molecule has 1 fully saturated rings. The van der Waals surface area contributed by atoms with Crippen molar-refractivity contribution in [1.29, 1.82) is 0 Å². The minimum atomic E-state index is -1.40. The first-order chi connectivity index (χ1) is 17.1. The number of methoxy groups -OCH3 is 1. The molecule has 3 N–H and O–H groups in total. The fourth-order valence-electron chi connectivity index (χ4n) is 4.39. The number of oxime groups is 1. The van der Waals surface area contributed by atoms with Crippen molar-refractivity contribution < 1.29 is 43.2 Å². The van der Waals surface area contributed by atoms with Crippen LogP contribution in [0.25, 0.3) is 10.8 Å². The number of hydrogen-bond donors (Lipinski definition) is 3. The van der Waals surface area contributed by atoms with E-state index in [2.05, 4.69) is 5.16 Å². The minimum Gasteiger partial charge on any atom is -0.480 e. The number of aliphatic hydroxyl groups excluding tert-OH is 2.